The average molecular weight is 50.0 g/mol. The molecule has 1 nitrogen and oxygen atoms in total. The average Bonchev–Trinajstić information content (AvgIpc) is 0.722. The summed E-state index contributed by atoms with van der Waals surface area (Å²) in [5.74, 6) is 2.44. The Balaban J connectivity index is 3.00. The van der Waals surface area contributed by atoms with Gasteiger partial charge in [0.25, 0.3) is 0 Å². The van der Waals surface area contributed by atoms with Crippen molar-refractivity contribution in [2.45, 2.75) is 0 Å². The third-order valence-corrected chi connectivity index (χ3v) is 0.224. The van der Waals surface area contributed by atoms with Gasteiger partial charge in [0.05, 0.1) is 0 Å². The van der Waals surface area contributed by atoms with E-state index in [1.54, 1.807) is 0 Å². The molecule has 0 aliphatic carbocycles. The summed E-state index contributed by atoms with van der Waals surface area (Å²) in [6.45, 7) is 0. The number of rotatable bonds is 0. The molecule has 16 valence electrons. The highest BCUT2D eigenvalue weighted by atomic mass is 14.6. The van der Waals surface area contributed by atoms with E-state index < -0.39 is 0 Å². The Labute approximate surface area is 24.1 Å². The Bertz CT molecular complexity index is 94.8. The van der Waals surface area contributed by atoms with Crippen molar-refractivity contribution in [3.63, 3.8) is 0 Å². The molecule has 1 heterocycles. The molecule has 0 aromatic heterocycles. The highest BCUT2D eigenvalue weighted by molar-refractivity contribution is 5.36. The molecule has 0 saturated heterocycles. The van der Waals surface area contributed by atoms with Crippen LogP contribution in [0.3, 0.4) is 0 Å². The van der Waals surface area contributed by atoms with Gasteiger partial charge in [0, 0.05) is 4.85 Å². The molecule has 4 heavy (non-hydrogen) atoms. The van der Waals surface area contributed by atoms with Crippen molar-refractivity contribution < 1.29 is 0 Å². The molecule has 0 N–H and O–H groups in total. The van der Waals surface area contributed by atoms with Crippen LogP contribution in [0.5, 0.6) is 0 Å². The minimum atomic E-state index is 2.38. The van der Waals surface area contributed by atoms with Gasteiger partial charge in [0.2, 0.25) is 0 Å². The van der Waals surface area contributed by atoms with Crippen molar-refractivity contribution in [2.24, 2.45) is 0 Å². The summed E-state index contributed by atoms with van der Waals surface area (Å²) in [7, 11) is 0. The van der Waals surface area contributed by atoms with Gasteiger partial charge >= 0.3 is 12.1 Å². The van der Waals surface area contributed by atoms with Crippen LogP contribution in [-0.4, -0.2) is 0 Å². The third-order valence-electron chi connectivity index (χ3n) is 0.224. The summed E-state index contributed by atoms with van der Waals surface area (Å²) in [6, 6.07) is 4.75. The van der Waals surface area contributed by atoms with Crippen LogP contribution < -0.4 is 0 Å². The van der Waals surface area contributed by atoms with Gasteiger partial charge in [0.15, 0.2) is 5.92 Å². The smallest absolute Gasteiger partial charge is 0.0447 e. The molecule has 0 fully saturated rings. The molecule has 0 atom stereocenters. The second-order valence-corrected chi connectivity index (χ2v) is 0.460. The second kappa shape index (κ2) is 0.243. The van der Waals surface area contributed by atoms with E-state index in [0.29, 0.717) is 0 Å². The summed E-state index contributed by atoms with van der Waals surface area (Å²) < 4.78 is 0. The van der Waals surface area contributed by atoms with Crippen molar-refractivity contribution in [2.75, 3.05) is 0 Å². The first-order valence-corrected chi connectivity index (χ1v) is 0.947. The summed E-state index contributed by atoms with van der Waals surface area (Å²) in [6.07, 6.45) is 0. The van der Waals surface area contributed by atoms with Gasteiger partial charge in [-0.3, -0.25) is 0 Å². The molecule has 0 spiro atoms. The predicted octanol–water partition coefficient (Wildman–Crippen LogP) is 0.294. The molecule has 0 radical (unpaired) electrons. The van der Waals surface area contributed by atoms with Crippen LogP contribution in [0, 0.1) is 18.0 Å². The molecule has 0 aromatic rings. The number of nitrogens with zero attached hydrogens (tertiary/aromatic N) is 1. The lowest BCUT2D eigenvalue weighted by molar-refractivity contribution is 2.15. The topological polar surface area (TPSA) is 4.36 Å². The Hall–Kier alpha value is -0.950. The van der Waals surface area contributed by atoms with Gasteiger partial charge in [-0.25, -0.2) is 0 Å². The zero-order chi connectivity index (χ0) is 2.83. The molecule has 1 heteroatoms. The fourth-order valence-corrected chi connectivity index (χ4v) is 0.0559. The summed E-state index contributed by atoms with van der Waals surface area (Å²) in [5, 5.41) is 0. The van der Waals surface area contributed by atoms with Crippen molar-refractivity contribution in [1.29, 1.82) is 0 Å². The van der Waals surface area contributed by atoms with Crippen LogP contribution >= 0.6 is 0 Å². The van der Waals surface area contributed by atoms with Crippen molar-refractivity contribution in [1.82, 2.24) is 0 Å². The number of hydrogen-bond donors (Lipinski definition) is 0. The normalized spacial score (nSPS) is 8.00. The Morgan fingerprint density at radius 1 is 1.50 bits per heavy atom. The van der Waals surface area contributed by atoms with Gasteiger partial charge < -0.3 is 0 Å². The lowest BCUT2D eigenvalue weighted by Gasteiger charge is -1.33. The van der Waals surface area contributed by atoms with Crippen molar-refractivity contribution in [3.05, 3.63) is 4.85 Å². The lowest BCUT2D eigenvalue weighted by atomic mass is 10.7. The zero-order valence-electron chi connectivity index (χ0n) is 1.95. The molecule has 0 aromatic carbocycles. The molecular weight excluding hydrogens is 50.0 g/mol. The maximum absolute atomic E-state index is 3.31. The van der Waals surface area contributed by atoms with Crippen molar-refractivity contribution >= 4 is 0 Å². The quantitative estimate of drug-likeness (QED) is 0.348. The lowest BCUT2D eigenvalue weighted by Crippen LogP contribution is -1.51. The molecule has 1 rings (SSSR count). The standard InChI is InChI=1S/C3N/c1-2-4-3-1/q+1. The number of hydrogen-bond acceptors (Lipinski definition) is 0. The molecule has 1 aliphatic heterocycles. The largest absolute Gasteiger partial charge is 0.396 e. The van der Waals surface area contributed by atoms with Gasteiger partial charge in [-0.2, -0.15) is 0 Å². The minimum absolute atomic E-state index is 2.38. The van der Waals surface area contributed by atoms with Gasteiger partial charge in [-0.05, 0) is 0 Å². The van der Waals surface area contributed by atoms with E-state index in [9.17, 15) is 0 Å². The van der Waals surface area contributed by atoms with Crippen LogP contribution in [0.25, 0.3) is 4.85 Å². The van der Waals surface area contributed by atoms with E-state index in [4.69, 9.17) is 0 Å². The molecular formula is C3N+. The Morgan fingerprint density at radius 2 is 1.75 bits per heavy atom. The van der Waals surface area contributed by atoms with Crippen LogP contribution in [0.1, 0.15) is 0 Å². The first-order valence-electron chi connectivity index (χ1n) is 0.947. The second-order valence-electron chi connectivity index (χ2n) is 0.460. The van der Waals surface area contributed by atoms with E-state index in [1.165, 1.54) is 0 Å². The maximum Gasteiger partial charge on any atom is 0.396 e. The van der Waals surface area contributed by atoms with Gasteiger partial charge in [0.1, 0.15) is 0 Å². The van der Waals surface area contributed by atoms with E-state index >= 15 is 0 Å². The van der Waals surface area contributed by atoms with Crippen LogP contribution in [-0.2, 0) is 0 Å². The van der Waals surface area contributed by atoms with Crippen LogP contribution in [0.15, 0.2) is 0 Å². The summed E-state index contributed by atoms with van der Waals surface area (Å²) in [5.41, 5.74) is 0. The van der Waals surface area contributed by atoms with E-state index in [1.807, 2.05) is 0 Å². The first-order chi connectivity index (χ1) is 2.00. The highest BCUT2D eigenvalue weighted by Crippen LogP contribution is 1.66. The third kappa shape index (κ3) is 0.000282. The molecule has 0 unspecified atom stereocenters. The fraction of sp³-hybridized carbons (Fsp3) is 0. The van der Waals surface area contributed by atoms with Crippen LogP contribution in [0.2, 0.25) is 0 Å². The SMILES string of the molecule is C1#C[N+]#C1. The van der Waals surface area contributed by atoms with Crippen molar-refractivity contribution in [3.8, 4) is 18.0 Å². The van der Waals surface area contributed by atoms with E-state index in [2.05, 4.69) is 22.9 Å². The molecule has 0 amide bonds. The Kier molecular flexibility index (Phi) is 0.0837. The minimum Gasteiger partial charge on any atom is 0.0447 e. The van der Waals surface area contributed by atoms with Gasteiger partial charge in [-0.1, -0.05) is 0 Å². The van der Waals surface area contributed by atoms with Crippen LogP contribution in [0.4, 0.5) is 0 Å². The molecule has 0 saturated carbocycles. The first kappa shape index (κ1) is 1.38. The maximum atomic E-state index is 3.31. The molecule has 0 bridgehead atoms. The summed E-state index contributed by atoms with van der Waals surface area (Å²) >= 11 is 0. The van der Waals surface area contributed by atoms with E-state index in [0.717, 1.165) is 0 Å². The fourth-order valence-electron chi connectivity index (χ4n) is 0.0559. The Morgan fingerprint density at radius 3 is 1.75 bits per heavy atom. The highest BCUT2D eigenvalue weighted by Gasteiger charge is 1.84. The predicted molar refractivity (Wildman–Crippen MR) is 15.0 cm³/mol. The summed E-state index contributed by atoms with van der Waals surface area (Å²) in [4.78, 5) is 3.31. The zero-order valence-corrected chi connectivity index (χ0v) is 1.95. The monoisotopic (exact) mass is 50.0 g/mol. The van der Waals surface area contributed by atoms with E-state index in [-0.39, 0.29) is 0 Å². The molecule has 1 aliphatic rings. The van der Waals surface area contributed by atoms with Gasteiger partial charge in [-0.15, -0.1) is 0 Å².